The zero-order valence-electron chi connectivity index (χ0n) is 27.9. The average Bonchev–Trinajstić information content (AvgIpc) is 3.59. The molecule has 0 radical (unpaired) electrons. The van der Waals surface area contributed by atoms with Crippen LogP contribution in [0.5, 0.6) is 0 Å². The van der Waals surface area contributed by atoms with Crippen LogP contribution < -0.4 is 4.90 Å². The Morgan fingerprint density at radius 1 is 0.385 bits per heavy atom. The third-order valence-corrected chi connectivity index (χ3v) is 11.4. The van der Waals surface area contributed by atoms with Crippen LogP contribution in [0.4, 0.5) is 17.1 Å². The van der Waals surface area contributed by atoms with Crippen LogP contribution in [0.3, 0.4) is 0 Å². The second-order valence-electron chi connectivity index (χ2n) is 13.2. The Kier molecular flexibility index (Phi) is 6.39. The molecule has 5 heteroatoms. The summed E-state index contributed by atoms with van der Waals surface area (Å²) in [7, 11) is 0. The first kappa shape index (κ1) is 29.1. The minimum absolute atomic E-state index is 0.628. The Bertz CT molecular complexity index is 3030. The standard InChI is InChI=1S/C47H28N4S/c1-2-13-31(14-3-1)45-48-46(32-25-26-35-34-18-7-9-23-41(34)52-42(35)28-32)50-47(49-45)38-19-6-8-21-39(38)51-40-22-11-16-30-15-10-20-36(43(30)40)37-27-24-29-12-4-5-17-33(29)44(37)51/h1-28H. The van der Waals surface area contributed by atoms with Crippen LogP contribution in [0, 0.1) is 0 Å². The van der Waals surface area contributed by atoms with Crippen molar-refractivity contribution < 1.29 is 0 Å². The average molecular weight is 681 g/mol. The van der Waals surface area contributed by atoms with Gasteiger partial charge in [-0.2, -0.15) is 0 Å². The number of hydrogen-bond donors (Lipinski definition) is 0. The summed E-state index contributed by atoms with van der Waals surface area (Å²) in [5.41, 5.74) is 8.59. The molecular weight excluding hydrogens is 653 g/mol. The maximum Gasteiger partial charge on any atom is 0.166 e. The molecule has 8 aromatic carbocycles. The zero-order valence-corrected chi connectivity index (χ0v) is 28.7. The molecule has 2 aromatic heterocycles. The number of thiophene rings is 1. The molecule has 11 rings (SSSR count). The van der Waals surface area contributed by atoms with Crippen LogP contribution in [0.2, 0.25) is 0 Å². The molecule has 0 saturated heterocycles. The van der Waals surface area contributed by atoms with Crippen LogP contribution in [-0.2, 0) is 0 Å². The van der Waals surface area contributed by atoms with E-state index in [1.807, 2.05) is 18.2 Å². The van der Waals surface area contributed by atoms with Crippen molar-refractivity contribution in [2.75, 3.05) is 4.90 Å². The van der Waals surface area contributed by atoms with E-state index in [2.05, 4.69) is 157 Å². The van der Waals surface area contributed by atoms with Crippen LogP contribution in [-0.4, -0.2) is 15.0 Å². The van der Waals surface area contributed by atoms with Gasteiger partial charge in [-0.15, -0.1) is 11.3 Å². The van der Waals surface area contributed by atoms with Gasteiger partial charge in [-0.1, -0.05) is 140 Å². The Morgan fingerprint density at radius 2 is 1.04 bits per heavy atom. The van der Waals surface area contributed by atoms with Crippen molar-refractivity contribution in [2.45, 2.75) is 0 Å². The largest absolute Gasteiger partial charge is 0.308 e. The Morgan fingerprint density at radius 3 is 1.94 bits per heavy atom. The number of fused-ring (bicyclic) bond motifs is 7. The first-order valence-electron chi connectivity index (χ1n) is 17.5. The summed E-state index contributed by atoms with van der Waals surface area (Å²) in [6.07, 6.45) is 0. The van der Waals surface area contributed by atoms with Crippen molar-refractivity contribution >= 4 is 70.1 Å². The van der Waals surface area contributed by atoms with Crippen molar-refractivity contribution in [1.82, 2.24) is 15.0 Å². The molecule has 1 aliphatic rings. The minimum atomic E-state index is 0.628. The number of benzene rings is 8. The molecule has 0 fully saturated rings. The zero-order chi connectivity index (χ0) is 34.2. The molecule has 0 atom stereocenters. The summed E-state index contributed by atoms with van der Waals surface area (Å²) in [5.74, 6) is 1.92. The summed E-state index contributed by atoms with van der Waals surface area (Å²) in [4.78, 5) is 18.0. The molecule has 1 aliphatic heterocycles. The summed E-state index contributed by atoms with van der Waals surface area (Å²) in [6, 6.07) is 60.3. The van der Waals surface area contributed by atoms with Crippen molar-refractivity contribution in [3.05, 3.63) is 170 Å². The van der Waals surface area contributed by atoms with Gasteiger partial charge in [-0.3, -0.25) is 0 Å². The van der Waals surface area contributed by atoms with Gasteiger partial charge >= 0.3 is 0 Å². The Balaban J connectivity index is 1.17. The van der Waals surface area contributed by atoms with Gasteiger partial charge in [0.15, 0.2) is 17.5 Å². The predicted molar refractivity (Wildman–Crippen MR) is 218 cm³/mol. The van der Waals surface area contributed by atoms with Crippen LogP contribution in [0.25, 0.3) is 87.0 Å². The van der Waals surface area contributed by atoms with Gasteiger partial charge in [0.25, 0.3) is 0 Å². The van der Waals surface area contributed by atoms with Gasteiger partial charge in [0.2, 0.25) is 0 Å². The molecule has 0 saturated carbocycles. The Hall–Kier alpha value is -6.69. The van der Waals surface area contributed by atoms with E-state index < -0.39 is 0 Å². The van der Waals surface area contributed by atoms with Gasteiger partial charge in [0.05, 0.1) is 17.1 Å². The fourth-order valence-corrected chi connectivity index (χ4v) is 9.03. The third kappa shape index (κ3) is 4.43. The highest BCUT2D eigenvalue weighted by atomic mass is 32.1. The topological polar surface area (TPSA) is 41.9 Å². The van der Waals surface area contributed by atoms with Crippen LogP contribution in [0.15, 0.2) is 170 Å². The fourth-order valence-electron chi connectivity index (χ4n) is 7.88. The highest BCUT2D eigenvalue weighted by molar-refractivity contribution is 7.25. The Labute approximate surface area is 303 Å². The second kappa shape index (κ2) is 11.4. The van der Waals surface area contributed by atoms with Crippen molar-refractivity contribution in [3.63, 3.8) is 0 Å². The summed E-state index contributed by atoms with van der Waals surface area (Å²) in [6.45, 7) is 0. The van der Waals surface area contributed by atoms with Gasteiger partial charge in [0, 0.05) is 53.2 Å². The number of hydrogen-bond acceptors (Lipinski definition) is 5. The lowest BCUT2D eigenvalue weighted by Gasteiger charge is -2.35. The fraction of sp³-hybridized carbons (Fsp3) is 0. The summed E-state index contributed by atoms with van der Waals surface area (Å²) in [5, 5.41) is 7.36. The van der Waals surface area contributed by atoms with Crippen molar-refractivity contribution in [3.8, 4) is 45.3 Å². The maximum atomic E-state index is 5.28. The number of anilines is 3. The smallest absolute Gasteiger partial charge is 0.166 e. The number of para-hydroxylation sites is 1. The first-order valence-corrected chi connectivity index (χ1v) is 18.3. The lowest BCUT2D eigenvalue weighted by molar-refractivity contribution is 1.07. The molecular formula is C47H28N4S. The van der Waals surface area contributed by atoms with Crippen molar-refractivity contribution in [1.29, 1.82) is 0 Å². The molecule has 10 aromatic rings. The summed E-state index contributed by atoms with van der Waals surface area (Å²) < 4.78 is 2.49. The van der Waals surface area contributed by atoms with E-state index in [0.29, 0.717) is 17.5 Å². The van der Waals surface area contributed by atoms with E-state index in [9.17, 15) is 0 Å². The minimum Gasteiger partial charge on any atom is -0.308 e. The molecule has 0 bridgehead atoms. The van der Waals surface area contributed by atoms with Gasteiger partial charge in [-0.05, 0) is 46.7 Å². The summed E-state index contributed by atoms with van der Waals surface area (Å²) >= 11 is 1.80. The van der Waals surface area contributed by atoms with Crippen LogP contribution in [0.1, 0.15) is 0 Å². The van der Waals surface area contributed by atoms with Gasteiger partial charge in [-0.25, -0.2) is 15.0 Å². The van der Waals surface area contributed by atoms with Gasteiger partial charge in [0.1, 0.15) is 0 Å². The molecule has 3 heterocycles. The van der Waals surface area contributed by atoms with Crippen molar-refractivity contribution in [2.24, 2.45) is 0 Å². The molecule has 242 valence electrons. The molecule has 0 spiro atoms. The molecule has 0 N–H and O–H groups in total. The van der Waals surface area contributed by atoms with E-state index in [1.54, 1.807) is 11.3 Å². The molecule has 52 heavy (non-hydrogen) atoms. The highest BCUT2D eigenvalue weighted by Crippen LogP contribution is 2.54. The third-order valence-electron chi connectivity index (χ3n) is 10.2. The monoisotopic (exact) mass is 680 g/mol. The first-order chi connectivity index (χ1) is 25.8. The quantitative estimate of drug-likeness (QED) is 0.186. The number of nitrogens with zero attached hydrogens (tertiary/aromatic N) is 4. The maximum absolute atomic E-state index is 5.28. The van der Waals surface area contributed by atoms with E-state index >= 15 is 0 Å². The molecule has 0 unspecified atom stereocenters. The van der Waals surface area contributed by atoms with E-state index in [1.165, 1.54) is 52.8 Å². The molecule has 0 aliphatic carbocycles. The number of rotatable bonds is 4. The van der Waals surface area contributed by atoms with Crippen LogP contribution >= 0.6 is 11.3 Å². The predicted octanol–water partition coefficient (Wildman–Crippen LogP) is 13.0. The highest BCUT2D eigenvalue weighted by Gasteiger charge is 2.30. The lowest BCUT2D eigenvalue weighted by Crippen LogP contribution is -2.17. The van der Waals surface area contributed by atoms with E-state index in [4.69, 9.17) is 15.0 Å². The van der Waals surface area contributed by atoms with E-state index in [-0.39, 0.29) is 0 Å². The molecule has 4 nitrogen and oxygen atoms in total. The molecule has 0 amide bonds. The lowest BCUT2D eigenvalue weighted by atomic mass is 9.88. The number of aromatic nitrogens is 3. The second-order valence-corrected chi connectivity index (χ2v) is 14.3. The van der Waals surface area contributed by atoms with Gasteiger partial charge < -0.3 is 4.90 Å². The SMILES string of the molecule is c1ccc(-c2nc(-c3ccc4c(c3)sc3ccccc34)nc(-c3ccccc3N3c4c(ccc5ccccc45)-c4cccc5cccc3c45)n2)cc1. The van der Waals surface area contributed by atoms with E-state index in [0.717, 1.165) is 33.8 Å². The normalized spacial score (nSPS) is 12.2.